The number of hydrogen-bond acceptors (Lipinski definition) is 4. The van der Waals surface area contributed by atoms with E-state index in [1.54, 1.807) is 10.9 Å². The molecule has 4 aromatic rings. The second-order valence-electron chi connectivity index (χ2n) is 5.38. The molecule has 0 amide bonds. The topological polar surface area (TPSA) is 69.6 Å². The maximum absolute atomic E-state index is 6.40. The Morgan fingerprint density at radius 1 is 1.04 bits per heavy atom. The predicted molar refractivity (Wildman–Crippen MR) is 95.3 cm³/mol. The molecule has 0 aliphatic heterocycles. The fraction of sp³-hybridized carbons (Fsp3) is 0.118. The van der Waals surface area contributed by atoms with Crippen molar-refractivity contribution in [3.63, 3.8) is 0 Å². The summed E-state index contributed by atoms with van der Waals surface area (Å²) in [6, 6.07) is 11.8. The molecule has 0 aliphatic carbocycles. The number of para-hydroxylation sites is 1. The van der Waals surface area contributed by atoms with Gasteiger partial charge in [0.2, 0.25) is 0 Å². The third-order valence-corrected chi connectivity index (χ3v) is 3.92. The number of aryl methyl sites for hydroxylation is 2. The molecule has 3 aromatic heterocycles. The van der Waals surface area contributed by atoms with Gasteiger partial charge in [0.05, 0.1) is 22.3 Å². The first-order valence-electron chi connectivity index (χ1n) is 7.12. The molecule has 0 saturated carbocycles. The van der Waals surface area contributed by atoms with E-state index in [2.05, 4.69) is 10.1 Å². The number of nitrogens with two attached hydrogens (primary N) is 1. The van der Waals surface area contributed by atoms with Gasteiger partial charge >= 0.3 is 0 Å². The Bertz CT molecular complexity index is 1010. The summed E-state index contributed by atoms with van der Waals surface area (Å²) >= 11 is 0. The van der Waals surface area contributed by atoms with Gasteiger partial charge < -0.3 is 5.73 Å². The van der Waals surface area contributed by atoms with Gasteiger partial charge in [0.1, 0.15) is 0 Å². The fourth-order valence-electron chi connectivity index (χ4n) is 2.84. The molecule has 116 valence electrons. The molecule has 0 spiro atoms. The normalized spacial score (nSPS) is 10.9. The lowest BCUT2D eigenvalue weighted by atomic mass is 10.1. The highest BCUT2D eigenvalue weighted by Crippen LogP contribution is 2.32. The number of halogens is 1. The molecule has 3 heterocycles. The van der Waals surface area contributed by atoms with E-state index >= 15 is 0 Å². The van der Waals surface area contributed by atoms with Crippen molar-refractivity contribution in [3.8, 4) is 5.82 Å². The van der Waals surface area contributed by atoms with Crippen LogP contribution in [0.4, 0.5) is 5.69 Å². The van der Waals surface area contributed by atoms with E-state index in [0.29, 0.717) is 0 Å². The summed E-state index contributed by atoms with van der Waals surface area (Å²) < 4.78 is 1.76. The average molecular weight is 326 g/mol. The first kappa shape index (κ1) is 15.2. The molecule has 0 bridgehead atoms. The molecule has 0 atom stereocenters. The van der Waals surface area contributed by atoms with Crippen molar-refractivity contribution in [3.05, 3.63) is 53.9 Å². The summed E-state index contributed by atoms with van der Waals surface area (Å²) in [5.41, 5.74) is 10.7. The maximum atomic E-state index is 6.40. The number of benzene rings is 1. The Morgan fingerprint density at radius 3 is 2.61 bits per heavy atom. The summed E-state index contributed by atoms with van der Waals surface area (Å²) in [5.74, 6) is 0.737. The highest BCUT2D eigenvalue weighted by Gasteiger charge is 2.17. The molecule has 4 rings (SSSR count). The van der Waals surface area contributed by atoms with Crippen molar-refractivity contribution in [2.75, 3.05) is 5.73 Å². The average Bonchev–Trinajstić information content (AvgIpc) is 2.87. The first-order valence-corrected chi connectivity index (χ1v) is 7.12. The van der Waals surface area contributed by atoms with Crippen LogP contribution in [0, 0.1) is 13.8 Å². The van der Waals surface area contributed by atoms with E-state index in [-0.39, 0.29) is 12.4 Å². The second kappa shape index (κ2) is 5.52. The van der Waals surface area contributed by atoms with Crippen LogP contribution in [-0.4, -0.2) is 19.7 Å². The zero-order valence-corrected chi connectivity index (χ0v) is 13.6. The van der Waals surface area contributed by atoms with E-state index in [9.17, 15) is 0 Å². The molecule has 0 radical (unpaired) electrons. The van der Waals surface area contributed by atoms with Crippen molar-refractivity contribution >= 4 is 40.0 Å². The number of hydrogen-bond donors (Lipinski definition) is 1. The van der Waals surface area contributed by atoms with Gasteiger partial charge in [-0.15, -0.1) is 12.4 Å². The number of pyridine rings is 2. The first-order chi connectivity index (χ1) is 10.7. The van der Waals surface area contributed by atoms with Crippen LogP contribution in [0.2, 0.25) is 0 Å². The summed E-state index contributed by atoms with van der Waals surface area (Å²) in [7, 11) is 0. The molecule has 2 N–H and O–H groups in total. The van der Waals surface area contributed by atoms with Crippen molar-refractivity contribution in [1.82, 2.24) is 19.7 Å². The molecule has 0 fully saturated rings. The number of fused-ring (bicyclic) bond motifs is 2. The molecule has 0 aliphatic rings. The van der Waals surface area contributed by atoms with Crippen LogP contribution in [0.15, 0.2) is 42.6 Å². The Hall–Kier alpha value is -2.66. The monoisotopic (exact) mass is 325 g/mol. The summed E-state index contributed by atoms with van der Waals surface area (Å²) in [6.45, 7) is 3.98. The number of anilines is 1. The van der Waals surface area contributed by atoms with Crippen molar-refractivity contribution in [2.45, 2.75) is 13.8 Å². The van der Waals surface area contributed by atoms with E-state index in [4.69, 9.17) is 10.7 Å². The van der Waals surface area contributed by atoms with Gasteiger partial charge in [-0.25, -0.2) is 9.97 Å². The van der Waals surface area contributed by atoms with Gasteiger partial charge in [-0.1, -0.05) is 24.3 Å². The van der Waals surface area contributed by atoms with Gasteiger partial charge in [0.15, 0.2) is 11.5 Å². The van der Waals surface area contributed by atoms with Crippen LogP contribution in [0.1, 0.15) is 11.3 Å². The van der Waals surface area contributed by atoms with Crippen molar-refractivity contribution < 1.29 is 0 Å². The molecule has 6 heteroatoms. The number of nitrogen functional groups attached to an aromatic ring is 1. The van der Waals surface area contributed by atoms with Gasteiger partial charge in [0, 0.05) is 11.6 Å². The van der Waals surface area contributed by atoms with Crippen LogP contribution in [0.25, 0.3) is 27.8 Å². The highest BCUT2D eigenvalue weighted by molar-refractivity contribution is 6.07. The van der Waals surface area contributed by atoms with Crippen LogP contribution in [0.3, 0.4) is 0 Å². The fourth-order valence-corrected chi connectivity index (χ4v) is 2.84. The molecule has 5 nitrogen and oxygen atoms in total. The predicted octanol–water partition coefficient (Wildman–Crippen LogP) is 3.59. The molecule has 1 aromatic carbocycles. The quantitative estimate of drug-likeness (QED) is 0.580. The zero-order chi connectivity index (χ0) is 15.3. The van der Waals surface area contributed by atoms with E-state index in [0.717, 1.165) is 44.7 Å². The summed E-state index contributed by atoms with van der Waals surface area (Å²) in [6.07, 6.45) is 1.74. The highest BCUT2D eigenvalue weighted by atomic mass is 35.5. The summed E-state index contributed by atoms with van der Waals surface area (Å²) in [5, 5.41) is 6.45. The zero-order valence-electron chi connectivity index (χ0n) is 12.8. The molecule has 0 unspecified atom stereocenters. The number of nitrogens with zero attached hydrogens (tertiary/aromatic N) is 4. The van der Waals surface area contributed by atoms with Gasteiger partial charge in [-0.05, 0) is 31.5 Å². The second-order valence-corrected chi connectivity index (χ2v) is 5.38. The van der Waals surface area contributed by atoms with Crippen molar-refractivity contribution in [2.24, 2.45) is 0 Å². The third-order valence-electron chi connectivity index (χ3n) is 3.92. The van der Waals surface area contributed by atoms with Crippen LogP contribution >= 0.6 is 12.4 Å². The lowest BCUT2D eigenvalue weighted by molar-refractivity contribution is 0.848. The Morgan fingerprint density at radius 2 is 1.87 bits per heavy atom. The third kappa shape index (κ3) is 2.21. The smallest absolute Gasteiger partial charge is 0.167 e. The number of aromatic nitrogens is 4. The maximum Gasteiger partial charge on any atom is 0.167 e. The summed E-state index contributed by atoms with van der Waals surface area (Å²) in [4.78, 5) is 9.18. The lowest BCUT2D eigenvalue weighted by Crippen LogP contribution is -2.01. The van der Waals surface area contributed by atoms with Crippen LogP contribution in [-0.2, 0) is 0 Å². The SMILES string of the molecule is Cc1cccc2c(N)c3c(C)nn(-c4ccccn4)c3nc12.Cl. The Kier molecular flexibility index (Phi) is 3.66. The Balaban J connectivity index is 0.00000156. The molecule has 0 saturated heterocycles. The minimum Gasteiger partial charge on any atom is -0.398 e. The van der Waals surface area contributed by atoms with Crippen LogP contribution < -0.4 is 5.73 Å². The minimum absolute atomic E-state index is 0. The molecular formula is C17H16ClN5. The van der Waals surface area contributed by atoms with Crippen LogP contribution in [0.5, 0.6) is 0 Å². The standard InChI is InChI=1S/C17H15N5.ClH/c1-10-6-5-7-12-15(18)14-11(2)21-22(17(14)20-16(10)12)13-8-3-4-9-19-13;/h3-9H,1-2H3,(H2,18,20);1H. The van der Waals surface area contributed by atoms with E-state index < -0.39 is 0 Å². The largest absolute Gasteiger partial charge is 0.398 e. The van der Waals surface area contributed by atoms with E-state index in [1.807, 2.05) is 50.2 Å². The molecule has 23 heavy (non-hydrogen) atoms. The molecular weight excluding hydrogens is 310 g/mol. The van der Waals surface area contributed by atoms with Gasteiger partial charge in [0.25, 0.3) is 0 Å². The van der Waals surface area contributed by atoms with Gasteiger partial charge in [-0.3, -0.25) is 0 Å². The minimum atomic E-state index is 0. The number of rotatable bonds is 1. The van der Waals surface area contributed by atoms with Gasteiger partial charge in [-0.2, -0.15) is 9.78 Å². The lowest BCUT2D eigenvalue weighted by Gasteiger charge is -2.07. The van der Waals surface area contributed by atoms with E-state index in [1.165, 1.54) is 0 Å². The Labute approximate surface area is 139 Å². The van der Waals surface area contributed by atoms with Crippen molar-refractivity contribution in [1.29, 1.82) is 0 Å².